The molecule has 10 heteroatoms. The van der Waals surface area contributed by atoms with Gasteiger partial charge in [0.2, 0.25) is 0 Å². The quantitative estimate of drug-likeness (QED) is 0.535. The first-order valence-corrected chi connectivity index (χ1v) is 10.6. The summed E-state index contributed by atoms with van der Waals surface area (Å²) in [6.45, 7) is -0.198. The summed E-state index contributed by atoms with van der Waals surface area (Å²) < 4.78 is 31.0. The van der Waals surface area contributed by atoms with Crippen molar-refractivity contribution in [2.75, 3.05) is 25.1 Å². The summed E-state index contributed by atoms with van der Waals surface area (Å²) in [5.74, 6) is -0.358. The summed E-state index contributed by atoms with van der Waals surface area (Å²) in [6, 6.07) is 12.1. The van der Waals surface area contributed by atoms with Gasteiger partial charge < -0.3 is 15.4 Å². The molecule has 170 valence electrons. The number of rotatable bonds is 6. The van der Waals surface area contributed by atoms with Crippen molar-refractivity contribution in [3.63, 3.8) is 0 Å². The maximum absolute atomic E-state index is 13.1. The number of nitrogens with one attached hydrogen (secondary N) is 3. The van der Waals surface area contributed by atoms with Crippen molar-refractivity contribution < 1.29 is 18.3 Å². The third kappa shape index (κ3) is 4.62. The molecule has 3 heterocycles. The molecule has 0 radical (unpaired) electrons. The average molecular weight is 452 g/mol. The van der Waals surface area contributed by atoms with Crippen molar-refractivity contribution in [3.05, 3.63) is 66.0 Å². The van der Waals surface area contributed by atoms with Crippen LogP contribution in [0.5, 0.6) is 5.75 Å². The Hall–Kier alpha value is -3.63. The lowest BCUT2D eigenvalue weighted by Gasteiger charge is -2.27. The van der Waals surface area contributed by atoms with Gasteiger partial charge in [0.1, 0.15) is 11.5 Å². The Labute approximate surface area is 188 Å². The number of hydrogen-bond donors (Lipinski definition) is 3. The molecule has 1 amide bonds. The number of aromatic nitrogens is 2. The number of nitrogens with zero attached hydrogens (tertiary/aromatic N) is 3. The number of ether oxygens (including phenoxy) is 1. The van der Waals surface area contributed by atoms with Gasteiger partial charge in [0, 0.05) is 42.6 Å². The highest BCUT2D eigenvalue weighted by Crippen LogP contribution is 2.26. The van der Waals surface area contributed by atoms with Crippen molar-refractivity contribution in [2.45, 2.75) is 19.2 Å². The molecule has 3 N–H and O–H groups in total. The van der Waals surface area contributed by atoms with E-state index in [1.54, 1.807) is 0 Å². The molecule has 33 heavy (non-hydrogen) atoms. The third-order valence-corrected chi connectivity index (χ3v) is 5.65. The normalized spacial score (nSPS) is 15.9. The van der Waals surface area contributed by atoms with Crippen LogP contribution in [0.2, 0.25) is 0 Å². The van der Waals surface area contributed by atoms with Gasteiger partial charge in [-0.15, -0.1) is 0 Å². The molecule has 1 saturated heterocycles. The number of fused-ring (bicyclic) bond motifs is 1. The fourth-order valence-corrected chi connectivity index (χ4v) is 3.79. The van der Waals surface area contributed by atoms with Crippen LogP contribution in [0.15, 0.2) is 59.9 Å². The number of anilines is 1. The standard InChI is InChI=1S/C23H22F2N6O2/c24-23(25)33-19-5-3-17(4-6-19)30-22(32)21-20-7-14(1-2-15(20)8-27-13-28-21)16-9-29-31(12-16)18-10-26-11-18/h1-7,9,12,18,23,26-27H,8,10-11,13H2,(H,30,32). The first-order chi connectivity index (χ1) is 16.1. The lowest BCUT2D eigenvalue weighted by atomic mass is 9.97. The molecule has 0 bridgehead atoms. The van der Waals surface area contributed by atoms with Gasteiger partial charge in [-0.05, 0) is 41.5 Å². The smallest absolute Gasteiger partial charge is 0.387 e. The van der Waals surface area contributed by atoms with E-state index in [4.69, 9.17) is 0 Å². The highest BCUT2D eigenvalue weighted by Gasteiger charge is 2.22. The third-order valence-electron chi connectivity index (χ3n) is 5.65. The molecular formula is C23H22F2N6O2. The first kappa shape index (κ1) is 21.2. The van der Waals surface area contributed by atoms with Gasteiger partial charge in [-0.25, -0.2) is 0 Å². The molecule has 2 aromatic carbocycles. The summed E-state index contributed by atoms with van der Waals surface area (Å²) >= 11 is 0. The highest BCUT2D eigenvalue weighted by atomic mass is 19.3. The van der Waals surface area contributed by atoms with Crippen LogP contribution in [0, 0.1) is 0 Å². The molecule has 1 aromatic heterocycles. The van der Waals surface area contributed by atoms with E-state index in [2.05, 4.69) is 30.8 Å². The fraction of sp³-hybridized carbons (Fsp3) is 0.261. The average Bonchev–Trinajstić information content (AvgIpc) is 3.12. The van der Waals surface area contributed by atoms with Gasteiger partial charge in [-0.1, -0.05) is 12.1 Å². The van der Waals surface area contributed by atoms with E-state index in [1.807, 2.05) is 35.3 Å². The fourth-order valence-electron chi connectivity index (χ4n) is 3.79. The summed E-state index contributed by atoms with van der Waals surface area (Å²) in [4.78, 5) is 17.5. The Morgan fingerprint density at radius 2 is 1.94 bits per heavy atom. The van der Waals surface area contributed by atoms with E-state index in [-0.39, 0.29) is 11.7 Å². The molecule has 0 aliphatic carbocycles. The van der Waals surface area contributed by atoms with E-state index in [9.17, 15) is 13.6 Å². The molecule has 0 atom stereocenters. The number of carbonyl (C=O) groups is 1. The van der Waals surface area contributed by atoms with Crippen molar-refractivity contribution in [1.82, 2.24) is 20.4 Å². The van der Waals surface area contributed by atoms with Crippen molar-refractivity contribution in [3.8, 4) is 16.9 Å². The topological polar surface area (TPSA) is 92.6 Å². The molecule has 0 saturated carbocycles. The molecule has 2 aliphatic rings. The van der Waals surface area contributed by atoms with Crippen LogP contribution in [0.1, 0.15) is 17.2 Å². The van der Waals surface area contributed by atoms with Crippen LogP contribution in [0.4, 0.5) is 14.5 Å². The zero-order valence-corrected chi connectivity index (χ0v) is 17.6. The molecule has 2 aliphatic heterocycles. The maximum Gasteiger partial charge on any atom is 0.387 e. The van der Waals surface area contributed by atoms with Crippen LogP contribution in [0.3, 0.4) is 0 Å². The molecule has 3 aromatic rings. The van der Waals surface area contributed by atoms with Crippen molar-refractivity contribution in [2.24, 2.45) is 4.99 Å². The second kappa shape index (κ2) is 9.08. The van der Waals surface area contributed by atoms with Gasteiger partial charge in [-0.3, -0.25) is 19.8 Å². The molecule has 0 spiro atoms. The number of hydrogen-bond acceptors (Lipinski definition) is 6. The minimum absolute atomic E-state index is 0.0206. The van der Waals surface area contributed by atoms with Gasteiger partial charge in [0.15, 0.2) is 0 Å². The predicted molar refractivity (Wildman–Crippen MR) is 120 cm³/mol. The zero-order chi connectivity index (χ0) is 22.8. The van der Waals surface area contributed by atoms with Crippen molar-refractivity contribution in [1.29, 1.82) is 0 Å². The second-order valence-electron chi connectivity index (χ2n) is 7.84. The van der Waals surface area contributed by atoms with Gasteiger partial charge in [-0.2, -0.15) is 13.9 Å². The Bertz CT molecular complexity index is 1190. The Morgan fingerprint density at radius 1 is 1.12 bits per heavy atom. The molecule has 0 unspecified atom stereocenters. The number of benzene rings is 2. The number of alkyl halides is 2. The monoisotopic (exact) mass is 452 g/mol. The van der Waals surface area contributed by atoms with Crippen LogP contribution in [-0.2, 0) is 11.3 Å². The summed E-state index contributed by atoms with van der Waals surface area (Å²) in [7, 11) is 0. The highest BCUT2D eigenvalue weighted by molar-refractivity contribution is 6.49. The largest absolute Gasteiger partial charge is 0.435 e. The van der Waals surface area contributed by atoms with Crippen LogP contribution in [-0.4, -0.2) is 47.8 Å². The SMILES string of the molecule is O=C(Nc1ccc(OC(F)F)cc1)C1=NCNCc2ccc(-c3cnn(C4CNC4)c3)cc21. The van der Waals surface area contributed by atoms with E-state index < -0.39 is 6.61 Å². The summed E-state index contributed by atoms with van der Waals surface area (Å²) in [5, 5.41) is 13.7. The maximum atomic E-state index is 13.1. The van der Waals surface area contributed by atoms with Crippen LogP contribution >= 0.6 is 0 Å². The Kier molecular flexibility index (Phi) is 5.84. The molecule has 8 nitrogen and oxygen atoms in total. The van der Waals surface area contributed by atoms with E-state index in [0.717, 1.165) is 35.3 Å². The minimum Gasteiger partial charge on any atom is -0.435 e. The van der Waals surface area contributed by atoms with Crippen LogP contribution < -0.4 is 20.7 Å². The number of amides is 1. The Balaban J connectivity index is 1.38. The minimum atomic E-state index is -2.90. The number of aliphatic imine (C=N–C) groups is 1. The summed E-state index contributed by atoms with van der Waals surface area (Å²) in [5.41, 5.74) is 4.38. The lowest BCUT2D eigenvalue weighted by Crippen LogP contribution is -2.43. The predicted octanol–water partition coefficient (Wildman–Crippen LogP) is 2.78. The Morgan fingerprint density at radius 3 is 2.67 bits per heavy atom. The first-order valence-electron chi connectivity index (χ1n) is 10.6. The number of carbonyl (C=O) groups excluding carboxylic acids is 1. The number of halogens is 2. The van der Waals surface area contributed by atoms with E-state index in [0.29, 0.717) is 30.7 Å². The zero-order valence-electron chi connectivity index (χ0n) is 17.6. The van der Waals surface area contributed by atoms with Gasteiger partial charge in [0.25, 0.3) is 5.91 Å². The lowest BCUT2D eigenvalue weighted by molar-refractivity contribution is -0.110. The van der Waals surface area contributed by atoms with Gasteiger partial charge >= 0.3 is 6.61 Å². The van der Waals surface area contributed by atoms with E-state index >= 15 is 0 Å². The molecule has 5 rings (SSSR count). The molecular weight excluding hydrogens is 430 g/mol. The molecule has 1 fully saturated rings. The van der Waals surface area contributed by atoms with Gasteiger partial charge in [0.05, 0.1) is 18.9 Å². The van der Waals surface area contributed by atoms with E-state index in [1.165, 1.54) is 24.3 Å². The second-order valence-corrected chi connectivity index (χ2v) is 7.84. The summed E-state index contributed by atoms with van der Waals surface area (Å²) in [6.07, 6.45) is 3.84. The van der Waals surface area contributed by atoms with Crippen LogP contribution in [0.25, 0.3) is 11.1 Å². The van der Waals surface area contributed by atoms with Crippen molar-refractivity contribution >= 4 is 17.3 Å².